The molecule has 3 nitrogen and oxygen atoms in total. The first-order valence-electron chi connectivity index (χ1n) is 3.34. The lowest BCUT2D eigenvalue weighted by Crippen LogP contribution is -2.23. The molecular weight excluding hydrogens is 146 g/mol. The van der Waals surface area contributed by atoms with Crippen LogP contribution in [0.2, 0.25) is 0 Å². The third-order valence-corrected chi connectivity index (χ3v) is 1.04. The van der Waals surface area contributed by atoms with Crippen LogP contribution in [0.15, 0.2) is 5.10 Å². The lowest BCUT2D eigenvalue weighted by molar-refractivity contribution is 0.837. The van der Waals surface area contributed by atoms with E-state index >= 15 is 0 Å². The zero-order chi connectivity index (χ0) is 7.82. The lowest BCUT2D eigenvalue weighted by Gasteiger charge is -1.92. The molecule has 0 rings (SSSR count). The van der Waals surface area contributed by atoms with Crippen molar-refractivity contribution in [3.8, 4) is 0 Å². The number of hydrogen-bond donors (Lipinski definition) is 2. The molecule has 3 N–H and O–H groups in total. The second kappa shape index (κ2) is 6.48. The number of unbranched alkanes of at least 4 members (excludes halogenated alkanes) is 2. The summed E-state index contributed by atoms with van der Waals surface area (Å²) in [6.07, 6.45) is 5.09. The van der Waals surface area contributed by atoms with Gasteiger partial charge in [-0.3, -0.25) is 5.43 Å². The molecule has 0 aliphatic rings. The fourth-order valence-electron chi connectivity index (χ4n) is 0.469. The number of rotatable bonds is 4. The number of thiocarbonyl (C=S) groups is 1. The molecule has 0 heterocycles. The molecule has 4 heteroatoms. The molecule has 10 heavy (non-hydrogen) atoms. The minimum atomic E-state index is 0.216. The average Bonchev–Trinajstić information content (AvgIpc) is 1.87. The summed E-state index contributed by atoms with van der Waals surface area (Å²) in [5.41, 5.74) is 7.60. The van der Waals surface area contributed by atoms with E-state index in [9.17, 15) is 0 Å². The Balaban J connectivity index is 3.12. The first kappa shape index (κ1) is 9.36. The van der Waals surface area contributed by atoms with Crippen LogP contribution in [0.5, 0.6) is 0 Å². The van der Waals surface area contributed by atoms with Gasteiger partial charge in [0.1, 0.15) is 0 Å². The van der Waals surface area contributed by atoms with E-state index in [2.05, 4.69) is 29.7 Å². The monoisotopic (exact) mass is 159 g/mol. The molecule has 0 fully saturated rings. The standard InChI is InChI=1S/C6H13N3S/c1-2-3-4-5-8-9-6(7)10/h5H,2-4H2,1H3,(H3,7,9,10)/b8-5-. The number of hydrazone groups is 1. The number of nitrogens with one attached hydrogen (secondary N) is 1. The van der Waals surface area contributed by atoms with Gasteiger partial charge in [-0.15, -0.1) is 0 Å². The van der Waals surface area contributed by atoms with Gasteiger partial charge in [-0.05, 0) is 25.1 Å². The molecule has 0 aromatic rings. The van der Waals surface area contributed by atoms with E-state index in [1.165, 1.54) is 6.42 Å². The van der Waals surface area contributed by atoms with Crippen molar-refractivity contribution >= 4 is 23.5 Å². The fourth-order valence-corrected chi connectivity index (χ4v) is 0.522. The second-order valence-electron chi connectivity index (χ2n) is 1.93. The second-order valence-corrected chi connectivity index (χ2v) is 2.37. The molecule has 0 spiro atoms. The maximum absolute atomic E-state index is 5.11. The van der Waals surface area contributed by atoms with E-state index in [0.29, 0.717) is 0 Å². The van der Waals surface area contributed by atoms with Gasteiger partial charge in [-0.2, -0.15) is 5.10 Å². The van der Waals surface area contributed by atoms with Crippen LogP contribution >= 0.6 is 12.2 Å². The van der Waals surface area contributed by atoms with Gasteiger partial charge in [0, 0.05) is 6.21 Å². The molecule has 0 saturated carbocycles. The number of nitrogens with zero attached hydrogens (tertiary/aromatic N) is 1. The van der Waals surface area contributed by atoms with Crippen LogP contribution in [0.1, 0.15) is 26.2 Å². The van der Waals surface area contributed by atoms with Crippen LogP contribution in [0.3, 0.4) is 0 Å². The normalized spacial score (nSPS) is 10.1. The largest absolute Gasteiger partial charge is 0.375 e. The molecule has 0 atom stereocenters. The van der Waals surface area contributed by atoms with E-state index in [4.69, 9.17) is 5.73 Å². The number of nitrogens with two attached hydrogens (primary N) is 1. The highest BCUT2D eigenvalue weighted by molar-refractivity contribution is 7.80. The van der Waals surface area contributed by atoms with Gasteiger partial charge >= 0.3 is 0 Å². The third-order valence-electron chi connectivity index (χ3n) is 0.953. The summed E-state index contributed by atoms with van der Waals surface area (Å²) < 4.78 is 0. The summed E-state index contributed by atoms with van der Waals surface area (Å²) in [6.45, 7) is 2.13. The Kier molecular flexibility index (Phi) is 6.06. The summed E-state index contributed by atoms with van der Waals surface area (Å²) in [6, 6.07) is 0. The lowest BCUT2D eigenvalue weighted by atomic mass is 10.3. The summed E-state index contributed by atoms with van der Waals surface area (Å²) in [5, 5.41) is 3.98. The van der Waals surface area contributed by atoms with Crippen molar-refractivity contribution in [2.75, 3.05) is 0 Å². The molecule has 0 unspecified atom stereocenters. The van der Waals surface area contributed by atoms with Gasteiger partial charge in [0.25, 0.3) is 0 Å². The van der Waals surface area contributed by atoms with Crippen LogP contribution in [0.25, 0.3) is 0 Å². The minimum absolute atomic E-state index is 0.216. The molecule has 0 bridgehead atoms. The van der Waals surface area contributed by atoms with Gasteiger partial charge in [0.2, 0.25) is 0 Å². The quantitative estimate of drug-likeness (QED) is 0.278. The smallest absolute Gasteiger partial charge is 0.184 e. The van der Waals surface area contributed by atoms with Gasteiger partial charge in [-0.25, -0.2) is 0 Å². The van der Waals surface area contributed by atoms with E-state index in [-0.39, 0.29) is 5.11 Å². The Labute approximate surface area is 66.7 Å². The molecule has 0 aliphatic heterocycles. The molecular formula is C6H13N3S. The molecule has 0 aromatic carbocycles. The van der Waals surface area contributed by atoms with Crippen molar-refractivity contribution in [3.63, 3.8) is 0 Å². The van der Waals surface area contributed by atoms with Crippen LogP contribution < -0.4 is 11.2 Å². The van der Waals surface area contributed by atoms with Crippen molar-refractivity contribution in [1.29, 1.82) is 0 Å². The van der Waals surface area contributed by atoms with Gasteiger partial charge in [-0.1, -0.05) is 13.3 Å². The Morgan fingerprint density at radius 2 is 2.50 bits per heavy atom. The van der Waals surface area contributed by atoms with Gasteiger partial charge in [0.15, 0.2) is 5.11 Å². The van der Waals surface area contributed by atoms with Crippen molar-refractivity contribution in [1.82, 2.24) is 5.43 Å². The van der Waals surface area contributed by atoms with Crippen molar-refractivity contribution < 1.29 is 0 Å². The SMILES string of the molecule is CCCC/C=N\NC(N)=S. The van der Waals surface area contributed by atoms with Crippen LogP contribution in [0.4, 0.5) is 0 Å². The Hall–Kier alpha value is -0.640. The average molecular weight is 159 g/mol. The van der Waals surface area contributed by atoms with Crippen LogP contribution in [0, 0.1) is 0 Å². The predicted molar refractivity (Wildman–Crippen MR) is 47.9 cm³/mol. The summed E-state index contributed by atoms with van der Waals surface area (Å²) in [4.78, 5) is 0. The Bertz CT molecular complexity index is 122. The topological polar surface area (TPSA) is 50.4 Å². The molecule has 0 aromatic heterocycles. The molecule has 0 amide bonds. The van der Waals surface area contributed by atoms with Crippen molar-refractivity contribution in [2.45, 2.75) is 26.2 Å². The summed E-state index contributed by atoms with van der Waals surface area (Å²) in [5.74, 6) is 0. The first-order valence-corrected chi connectivity index (χ1v) is 3.75. The van der Waals surface area contributed by atoms with Crippen LogP contribution in [-0.2, 0) is 0 Å². The fraction of sp³-hybridized carbons (Fsp3) is 0.667. The molecule has 58 valence electrons. The highest BCUT2D eigenvalue weighted by atomic mass is 32.1. The zero-order valence-corrected chi connectivity index (χ0v) is 6.95. The molecule has 0 saturated heterocycles. The van der Waals surface area contributed by atoms with Crippen molar-refractivity contribution in [2.24, 2.45) is 10.8 Å². The summed E-state index contributed by atoms with van der Waals surface area (Å²) in [7, 11) is 0. The van der Waals surface area contributed by atoms with E-state index in [1.54, 1.807) is 6.21 Å². The summed E-state index contributed by atoms with van der Waals surface area (Å²) >= 11 is 4.53. The highest BCUT2D eigenvalue weighted by Gasteiger charge is 1.79. The minimum Gasteiger partial charge on any atom is -0.375 e. The van der Waals surface area contributed by atoms with E-state index in [0.717, 1.165) is 12.8 Å². The Morgan fingerprint density at radius 1 is 1.80 bits per heavy atom. The van der Waals surface area contributed by atoms with Crippen molar-refractivity contribution in [3.05, 3.63) is 0 Å². The maximum Gasteiger partial charge on any atom is 0.184 e. The maximum atomic E-state index is 5.11. The van der Waals surface area contributed by atoms with E-state index in [1.807, 2.05) is 0 Å². The third kappa shape index (κ3) is 7.36. The first-order chi connectivity index (χ1) is 4.77. The molecule has 0 radical (unpaired) electrons. The molecule has 0 aliphatic carbocycles. The predicted octanol–water partition coefficient (Wildman–Crippen LogP) is 0.996. The highest BCUT2D eigenvalue weighted by Crippen LogP contribution is 1.88. The zero-order valence-electron chi connectivity index (χ0n) is 6.13. The van der Waals surface area contributed by atoms with E-state index < -0.39 is 0 Å². The Morgan fingerprint density at radius 3 is 3.00 bits per heavy atom. The van der Waals surface area contributed by atoms with Gasteiger partial charge in [0.05, 0.1) is 0 Å². The number of hydrogen-bond acceptors (Lipinski definition) is 2. The van der Waals surface area contributed by atoms with Gasteiger partial charge < -0.3 is 5.73 Å². The van der Waals surface area contributed by atoms with Crippen LogP contribution in [-0.4, -0.2) is 11.3 Å².